The van der Waals surface area contributed by atoms with Crippen molar-refractivity contribution >= 4 is 35.0 Å². The van der Waals surface area contributed by atoms with Gasteiger partial charge in [0, 0.05) is 17.5 Å². The largest absolute Gasteiger partial charge is 0.497 e. The van der Waals surface area contributed by atoms with Crippen LogP contribution in [0.25, 0.3) is 0 Å². The van der Waals surface area contributed by atoms with Crippen molar-refractivity contribution in [1.29, 1.82) is 5.41 Å². The van der Waals surface area contributed by atoms with Gasteiger partial charge in [-0.2, -0.15) is 0 Å². The van der Waals surface area contributed by atoms with Crippen LogP contribution in [0.5, 0.6) is 11.5 Å². The van der Waals surface area contributed by atoms with E-state index in [9.17, 15) is 9.59 Å². The number of carbonyl (C=O) groups excluding carboxylic acids is 2. The van der Waals surface area contributed by atoms with Gasteiger partial charge in [0.2, 0.25) is 0 Å². The molecule has 1 amide bonds. The van der Waals surface area contributed by atoms with Gasteiger partial charge in [0.05, 0.1) is 42.7 Å². The third-order valence-corrected chi connectivity index (χ3v) is 7.31. The Kier molecular flexibility index (Phi) is 6.62. The average molecular weight is 516 g/mol. The molecule has 9 heteroatoms. The molecule has 8 nitrogen and oxygen atoms in total. The molecular formula is C28H25N3O5S. The molecule has 3 aromatic rings. The second-order valence-electron chi connectivity index (χ2n) is 8.45. The predicted molar refractivity (Wildman–Crippen MR) is 143 cm³/mol. The van der Waals surface area contributed by atoms with Crippen LogP contribution in [0.15, 0.2) is 88.9 Å². The van der Waals surface area contributed by atoms with Crippen molar-refractivity contribution < 1.29 is 23.8 Å². The van der Waals surface area contributed by atoms with E-state index in [1.165, 1.54) is 11.8 Å². The molecule has 188 valence electrons. The highest BCUT2D eigenvalue weighted by molar-refractivity contribution is 8.03. The highest BCUT2D eigenvalue weighted by Crippen LogP contribution is 2.48. The summed E-state index contributed by atoms with van der Waals surface area (Å²) in [6, 6.07) is 17.8. The molecule has 1 atom stereocenters. The summed E-state index contributed by atoms with van der Waals surface area (Å²) in [5.41, 5.74) is 2.87. The Morgan fingerprint density at radius 3 is 2.54 bits per heavy atom. The summed E-state index contributed by atoms with van der Waals surface area (Å²) < 4.78 is 18.4. The second kappa shape index (κ2) is 10.0. The number of methoxy groups -OCH3 is 2. The van der Waals surface area contributed by atoms with E-state index in [0.29, 0.717) is 44.7 Å². The second-order valence-corrected chi connectivity index (χ2v) is 9.40. The molecule has 1 unspecified atom stereocenters. The number of allylic oxidation sites excluding steroid dienone is 2. The number of anilines is 1. The van der Waals surface area contributed by atoms with Gasteiger partial charge >= 0.3 is 0 Å². The van der Waals surface area contributed by atoms with Crippen molar-refractivity contribution in [2.24, 2.45) is 0 Å². The minimum absolute atomic E-state index is 0.0774. The Bertz CT molecular complexity index is 1470. The van der Waals surface area contributed by atoms with E-state index in [1.807, 2.05) is 24.3 Å². The number of carbonyl (C=O) groups is 2. The Hall–Kier alpha value is -4.24. The van der Waals surface area contributed by atoms with Crippen LogP contribution in [0.2, 0.25) is 0 Å². The zero-order valence-electron chi connectivity index (χ0n) is 20.5. The quantitative estimate of drug-likeness (QED) is 0.400. The van der Waals surface area contributed by atoms with Crippen molar-refractivity contribution in [1.82, 2.24) is 4.57 Å². The first-order valence-corrected chi connectivity index (χ1v) is 12.5. The summed E-state index contributed by atoms with van der Waals surface area (Å²) in [7, 11) is 3.12. The smallest absolute Gasteiger partial charge is 0.256 e. The Morgan fingerprint density at radius 1 is 1.05 bits per heavy atom. The van der Waals surface area contributed by atoms with E-state index in [4.69, 9.17) is 19.6 Å². The SMILES string of the molecule is COc1ccc(C(=O)CSC2=C3C(=N)n4cccc4C3C(C(=O)Nc3ccccc3OC)=C(C)O2)cc1. The molecular weight excluding hydrogens is 490 g/mol. The maximum Gasteiger partial charge on any atom is 0.256 e. The molecule has 2 aliphatic rings. The van der Waals surface area contributed by atoms with E-state index in [0.717, 1.165) is 5.69 Å². The molecule has 0 saturated carbocycles. The molecule has 2 aliphatic heterocycles. The Balaban J connectivity index is 1.44. The van der Waals surface area contributed by atoms with Gasteiger partial charge in [-0.15, -0.1) is 0 Å². The number of nitrogens with zero attached hydrogens (tertiary/aromatic N) is 1. The lowest BCUT2D eigenvalue weighted by Gasteiger charge is -2.26. The van der Waals surface area contributed by atoms with Crippen LogP contribution >= 0.6 is 11.8 Å². The summed E-state index contributed by atoms with van der Waals surface area (Å²) in [5, 5.41) is 12.2. The predicted octanol–water partition coefficient (Wildman–Crippen LogP) is 5.20. The van der Waals surface area contributed by atoms with Crippen molar-refractivity contribution in [2.45, 2.75) is 12.8 Å². The van der Waals surface area contributed by atoms with Gasteiger partial charge in [-0.25, -0.2) is 0 Å². The molecule has 0 saturated heterocycles. The molecule has 0 bridgehead atoms. The van der Waals surface area contributed by atoms with E-state index < -0.39 is 5.92 Å². The number of benzene rings is 2. The molecule has 0 radical (unpaired) electrons. The number of thioether (sulfide) groups is 1. The summed E-state index contributed by atoms with van der Waals surface area (Å²) in [6.45, 7) is 1.73. The highest BCUT2D eigenvalue weighted by atomic mass is 32.2. The van der Waals surface area contributed by atoms with Crippen LogP contribution in [0.1, 0.15) is 28.9 Å². The standard InChI is InChI=1S/C28H25N3O5S/c1-16-23(27(33)30-19-7-4-5-9-22(19)35-3)24-20-8-6-14-31(20)26(29)25(24)28(36-16)37-15-21(32)17-10-12-18(34-2)13-11-17/h4-14,24,29H,15H2,1-3H3,(H,30,33). The van der Waals surface area contributed by atoms with Gasteiger partial charge in [-0.3, -0.25) is 15.0 Å². The average Bonchev–Trinajstić information content (AvgIpc) is 3.50. The summed E-state index contributed by atoms with van der Waals surface area (Å²) >= 11 is 1.23. The molecule has 2 N–H and O–H groups in total. The van der Waals surface area contributed by atoms with Gasteiger partial charge < -0.3 is 24.1 Å². The third kappa shape index (κ3) is 4.42. The molecule has 0 aliphatic carbocycles. The molecule has 0 fully saturated rings. The lowest BCUT2D eigenvalue weighted by Crippen LogP contribution is -2.25. The minimum Gasteiger partial charge on any atom is -0.497 e. The number of hydrogen-bond acceptors (Lipinski definition) is 7. The fraction of sp³-hybridized carbons (Fsp3) is 0.179. The van der Waals surface area contributed by atoms with Gasteiger partial charge in [-0.05, 0) is 55.5 Å². The fourth-order valence-electron chi connectivity index (χ4n) is 4.53. The number of fused-ring (bicyclic) bond motifs is 3. The Morgan fingerprint density at radius 2 is 1.81 bits per heavy atom. The van der Waals surface area contributed by atoms with E-state index in [1.54, 1.807) is 68.3 Å². The number of Topliss-reactive ketones (excluding diaryl/α,β-unsaturated/α-hetero) is 1. The van der Waals surface area contributed by atoms with Gasteiger partial charge in [0.25, 0.3) is 5.91 Å². The number of hydrogen-bond donors (Lipinski definition) is 2. The minimum atomic E-state index is -0.496. The van der Waals surface area contributed by atoms with Crippen LogP contribution in [-0.4, -0.2) is 42.1 Å². The van der Waals surface area contributed by atoms with E-state index in [-0.39, 0.29) is 23.3 Å². The van der Waals surface area contributed by atoms with Crippen molar-refractivity contribution in [3.8, 4) is 11.5 Å². The summed E-state index contributed by atoms with van der Waals surface area (Å²) in [6.07, 6.45) is 1.79. The summed E-state index contributed by atoms with van der Waals surface area (Å²) in [4.78, 5) is 26.4. The topological polar surface area (TPSA) is 103 Å². The van der Waals surface area contributed by atoms with Crippen LogP contribution in [0, 0.1) is 5.41 Å². The molecule has 1 aromatic heterocycles. The third-order valence-electron chi connectivity index (χ3n) is 6.34. The van der Waals surface area contributed by atoms with Gasteiger partial charge in [0.1, 0.15) is 23.1 Å². The number of rotatable bonds is 8. The van der Waals surface area contributed by atoms with Gasteiger partial charge in [-0.1, -0.05) is 23.9 Å². The number of nitrogens with one attached hydrogen (secondary N) is 2. The maximum atomic E-state index is 13.6. The molecule has 37 heavy (non-hydrogen) atoms. The maximum absolute atomic E-state index is 13.6. The van der Waals surface area contributed by atoms with E-state index >= 15 is 0 Å². The van der Waals surface area contributed by atoms with Crippen LogP contribution < -0.4 is 14.8 Å². The lowest BCUT2D eigenvalue weighted by molar-refractivity contribution is -0.113. The van der Waals surface area contributed by atoms with E-state index in [2.05, 4.69) is 5.32 Å². The molecule has 2 aromatic carbocycles. The number of ketones is 1. The first-order valence-electron chi connectivity index (χ1n) is 11.6. The number of aromatic nitrogens is 1. The van der Waals surface area contributed by atoms with Gasteiger partial charge in [0.15, 0.2) is 10.9 Å². The zero-order chi connectivity index (χ0) is 26.1. The highest BCUT2D eigenvalue weighted by Gasteiger charge is 2.44. The van der Waals surface area contributed by atoms with Crippen LogP contribution in [0.4, 0.5) is 5.69 Å². The monoisotopic (exact) mass is 515 g/mol. The summed E-state index contributed by atoms with van der Waals surface area (Å²) in [5.74, 6) is 1.06. The molecule has 5 rings (SSSR count). The fourth-order valence-corrected chi connectivity index (χ4v) is 5.52. The molecule has 3 heterocycles. The van der Waals surface area contributed by atoms with Crippen molar-refractivity contribution in [3.63, 3.8) is 0 Å². The molecule has 0 spiro atoms. The number of ether oxygens (including phenoxy) is 3. The first-order chi connectivity index (χ1) is 17.9. The van der Waals surface area contributed by atoms with Crippen LogP contribution in [-0.2, 0) is 9.53 Å². The number of amides is 1. The van der Waals surface area contributed by atoms with Crippen molar-refractivity contribution in [3.05, 3.63) is 100 Å². The van der Waals surface area contributed by atoms with Crippen LogP contribution in [0.3, 0.4) is 0 Å². The van der Waals surface area contributed by atoms with Crippen molar-refractivity contribution in [2.75, 3.05) is 25.3 Å². The number of para-hydroxylation sites is 2. The normalized spacial score (nSPS) is 16.2. The first kappa shape index (κ1) is 24.5. The Labute approximate surface area is 218 Å². The lowest BCUT2D eigenvalue weighted by atomic mass is 9.87. The zero-order valence-corrected chi connectivity index (χ0v) is 21.3.